The molecule has 0 aliphatic carbocycles. The van der Waals surface area contributed by atoms with Gasteiger partial charge in [0.2, 0.25) is 5.91 Å². The second-order valence-electron chi connectivity index (χ2n) is 5.91. The Hall–Kier alpha value is -1.96. The van der Waals surface area contributed by atoms with Gasteiger partial charge in [0, 0.05) is 25.6 Å². The molecule has 0 bridgehead atoms. The molecule has 1 fully saturated rings. The normalized spacial score (nSPS) is 25.9. The first-order valence-corrected chi connectivity index (χ1v) is 7.85. The minimum absolute atomic E-state index is 0.00178. The van der Waals surface area contributed by atoms with Crippen molar-refractivity contribution >= 4 is 12.0 Å². The molecule has 4 atom stereocenters. The Morgan fingerprint density at radius 1 is 1.43 bits per heavy atom. The van der Waals surface area contributed by atoms with Crippen LogP contribution < -0.4 is 16.0 Å². The zero-order valence-electron chi connectivity index (χ0n) is 14.1. The third-order valence-corrected chi connectivity index (χ3v) is 4.40. The summed E-state index contributed by atoms with van der Waals surface area (Å²) in [4.78, 5) is 26.3. The number of methoxy groups -OCH3 is 2. The minimum atomic E-state index is -0.775. The predicted octanol–water partition coefficient (Wildman–Crippen LogP) is 0.117. The highest BCUT2D eigenvalue weighted by atomic mass is 16.5. The summed E-state index contributed by atoms with van der Waals surface area (Å²) in [6.07, 6.45) is 2.65. The van der Waals surface area contributed by atoms with Crippen LogP contribution in [-0.2, 0) is 14.3 Å². The smallest absolute Gasteiger partial charge is 0.407 e. The van der Waals surface area contributed by atoms with Crippen LogP contribution in [0.15, 0.2) is 11.9 Å². The fourth-order valence-corrected chi connectivity index (χ4v) is 3.04. The number of likely N-dealkylation sites (tertiary alicyclic amines) is 1. The van der Waals surface area contributed by atoms with Crippen molar-refractivity contribution in [2.75, 3.05) is 20.8 Å². The first kappa shape index (κ1) is 17.4. The molecular weight excluding hydrogens is 300 g/mol. The largest absolute Gasteiger partial charge is 0.453 e. The number of ether oxygens (including phenoxy) is 2. The van der Waals surface area contributed by atoms with Crippen LogP contribution in [0.2, 0.25) is 0 Å². The summed E-state index contributed by atoms with van der Waals surface area (Å²) in [5.74, 6) is -0.152. The van der Waals surface area contributed by atoms with Gasteiger partial charge < -0.3 is 30.3 Å². The SMILES string of the molecule is COC(=O)NC(C(=O)N1CCCC1C1NC=C(C)N1)C(C)OC. The molecule has 0 radical (unpaired) electrons. The van der Waals surface area contributed by atoms with Crippen LogP contribution in [0.4, 0.5) is 4.79 Å². The Kier molecular flexibility index (Phi) is 5.70. The van der Waals surface area contributed by atoms with E-state index in [1.807, 2.05) is 18.0 Å². The van der Waals surface area contributed by atoms with Crippen molar-refractivity contribution in [1.82, 2.24) is 20.9 Å². The van der Waals surface area contributed by atoms with E-state index in [1.165, 1.54) is 14.2 Å². The van der Waals surface area contributed by atoms with Gasteiger partial charge in [-0.05, 0) is 26.7 Å². The van der Waals surface area contributed by atoms with Crippen LogP contribution in [0.25, 0.3) is 0 Å². The monoisotopic (exact) mass is 326 g/mol. The van der Waals surface area contributed by atoms with Gasteiger partial charge in [-0.2, -0.15) is 0 Å². The molecule has 3 N–H and O–H groups in total. The minimum Gasteiger partial charge on any atom is -0.453 e. The molecule has 23 heavy (non-hydrogen) atoms. The van der Waals surface area contributed by atoms with Gasteiger partial charge >= 0.3 is 6.09 Å². The summed E-state index contributed by atoms with van der Waals surface area (Å²) in [6.45, 7) is 4.39. The molecule has 130 valence electrons. The summed E-state index contributed by atoms with van der Waals surface area (Å²) in [7, 11) is 2.78. The lowest BCUT2D eigenvalue weighted by molar-refractivity contribution is -0.138. The van der Waals surface area contributed by atoms with Gasteiger partial charge in [0.25, 0.3) is 0 Å². The Morgan fingerprint density at radius 2 is 2.17 bits per heavy atom. The number of carbonyl (C=O) groups excluding carboxylic acids is 2. The number of allylic oxidation sites excluding steroid dienone is 1. The fraction of sp³-hybridized carbons (Fsp3) is 0.733. The second kappa shape index (κ2) is 7.54. The van der Waals surface area contributed by atoms with E-state index < -0.39 is 18.2 Å². The standard InChI is InChI=1S/C15H26N4O4/c1-9-8-16-13(17-9)11-6-5-7-19(11)14(20)12(10(2)22-3)18-15(21)23-4/h8,10-13,16-17H,5-7H2,1-4H3,(H,18,21). The summed E-state index contributed by atoms with van der Waals surface area (Å²) >= 11 is 0. The van der Waals surface area contributed by atoms with E-state index in [0.717, 1.165) is 18.5 Å². The molecule has 1 saturated heterocycles. The predicted molar refractivity (Wildman–Crippen MR) is 84.4 cm³/mol. The summed E-state index contributed by atoms with van der Waals surface area (Å²) < 4.78 is 9.88. The quantitative estimate of drug-likeness (QED) is 0.664. The maximum absolute atomic E-state index is 12.9. The van der Waals surface area contributed by atoms with Crippen LogP contribution in [-0.4, -0.2) is 62.0 Å². The lowest BCUT2D eigenvalue weighted by Crippen LogP contribution is -2.59. The van der Waals surface area contributed by atoms with Crippen LogP contribution in [0.1, 0.15) is 26.7 Å². The highest BCUT2D eigenvalue weighted by Crippen LogP contribution is 2.23. The van der Waals surface area contributed by atoms with Gasteiger partial charge in [0.1, 0.15) is 12.2 Å². The zero-order valence-corrected chi connectivity index (χ0v) is 14.1. The van der Waals surface area contributed by atoms with E-state index in [-0.39, 0.29) is 18.1 Å². The molecule has 8 heteroatoms. The number of hydrogen-bond donors (Lipinski definition) is 3. The number of nitrogens with zero attached hydrogens (tertiary/aromatic N) is 1. The van der Waals surface area contributed by atoms with Gasteiger partial charge in [-0.25, -0.2) is 4.79 Å². The molecule has 2 rings (SSSR count). The van der Waals surface area contributed by atoms with Crippen molar-refractivity contribution < 1.29 is 19.1 Å². The number of alkyl carbamates (subject to hydrolysis) is 1. The maximum atomic E-state index is 12.9. The Bertz CT molecular complexity index is 482. The van der Waals surface area contributed by atoms with E-state index in [4.69, 9.17) is 4.74 Å². The lowest BCUT2D eigenvalue weighted by Gasteiger charge is -2.34. The third kappa shape index (κ3) is 3.87. The number of hydrogen-bond acceptors (Lipinski definition) is 6. The van der Waals surface area contributed by atoms with Crippen molar-refractivity contribution in [3.05, 3.63) is 11.9 Å². The molecule has 0 saturated carbocycles. The Labute approximate surface area is 136 Å². The second-order valence-corrected chi connectivity index (χ2v) is 5.91. The summed E-state index contributed by atoms with van der Waals surface area (Å²) in [6, 6.07) is -0.745. The molecule has 4 unspecified atom stereocenters. The molecule has 8 nitrogen and oxygen atoms in total. The van der Waals surface area contributed by atoms with Crippen molar-refractivity contribution in [2.24, 2.45) is 0 Å². The third-order valence-electron chi connectivity index (χ3n) is 4.40. The van der Waals surface area contributed by atoms with Gasteiger partial charge in [0.05, 0.1) is 19.3 Å². The van der Waals surface area contributed by atoms with E-state index in [2.05, 4.69) is 20.7 Å². The first-order chi connectivity index (χ1) is 11.0. The Balaban J connectivity index is 2.09. The molecule has 2 aliphatic rings. The van der Waals surface area contributed by atoms with E-state index in [9.17, 15) is 9.59 Å². The van der Waals surface area contributed by atoms with Gasteiger partial charge in [-0.1, -0.05) is 0 Å². The van der Waals surface area contributed by atoms with Crippen LogP contribution in [0.5, 0.6) is 0 Å². The number of nitrogens with one attached hydrogen (secondary N) is 3. The number of rotatable bonds is 5. The van der Waals surface area contributed by atoms with Gasteiger partial charge in [0.15, 0.2) is 0 Å². The average molecular weight is 326 g/mol. The van der Waals surface area contributed by atoms with Crippen LogP contribution in [0.3, 0.4) is 0 Å². The van der Waals surface area contributed by atoms with Crippen molar-refractivity contribution in [3.63, 3.8) is 0 Å². The summed E-state index contributed by atoms with van der Waals surface area (Å²) in [5, 5.41) is 9.17. The summed E-state index contributed by atoms with van der Waals surface area (Å²) in [5.41, 5.74) is 1.05. The number of carbonyl (C=O) groups is 2. The molecule has 2 amide bonds. The highest BCUT2D eigenvalue weighted by molar-refractivity contribution is 5.86. The highest BCUT2D eigenvalue weighted by Gasteiger charge is 2.40. The van der Waals surface area contributed by atoms with Gasteiger partial charge in [-0.15, -0.1) is 0 Å². The van der Waals surface area contributed by atoms with E-state index in [1.54, 1.807) is 6.92 Å². The van der Waals surface area contributed by atoms with Crippen molar-refractivity contribution in [3.8, 4) is 0 Å². The Morgan fingerprint density at radius 3 is 2.74 bits per heavy atom. The molecule has 2 heterocycles. The zero-order chi connectivity index (χ0) is 17.0. The van der Waals surface area contributed by atoms with Crippen LogP contribution in [0, 0.1) is 0 Å². The molecule has 0 aromatic rings. The van der Waals surface area contributed by atoms with Crippen molar-refractivity contribution in [2.45, 2.75) is 51.0 Å². The maximum Gasteiger partial charge on any atom is 0.407 e. The fourth-order valence-electron chi connectivity index (χ4n) is 3.04. The lowest BCUT2D eigenvalue weighted by atomic mass is 10.1. The number of amides is 2. The van der Waals surface area contributed by atoms with E-state index in [0.29, 0.717) is 6.54 Å². The molecule has 0 aromatic heterocycles. The molecule has 0 spiro atoms. The first-order valence-electron chi connectivity index (χ1n) is 7.85. The van der Waals surface area contributed by atoms with Gasteiger partial charge in [-0.3, -0.25) is 4.79 Å². The average Bonchev–Trinajstić information content (AvgIpc) is 3.19. The van der Waals surface area contributed by atoms with Crippen LogP contribution >= 0.6 is 0 Å². The molecule has 2 aliphatic heterocycles. The topological polar surface area (TPSA) is 91.9 Å². The molecule has 0 aromatic carbocycles. The van der Waals surface area contributed by atoms with E-state index >= 15 is 0 Å². The molecular formula is C15H26N4O4. The van der Waals surface area contributed by atoms with Crippen molar-refractivity contribution in [1.29, 1.82) is 0 Å².